The second-order valence-electron chi connectivity index (χ2n) is 10.7. The van der Waals surface area contributed by atoms with E-state index in [2.05, 4.69) is 53.4 Å². The van der Waals surface area contributed by atoms with Crippen molar-refractivity contribution in [1.29, 1.82) is 0 Å². The number of hydrogen-bond acceptors (Lipinski definition) is 4. The Bertz CT molecular complexity index is 1510. The van der Waals surface area contributed by atoms with E-state index < -0.39 is 0 Å². The van der Waals surface area contributed by atoms with Gasteiger partial charge in [0.1, 0.15) is 17.3 Å². The highest BCUT2D eigenvalue weighted by molar-refractivity contribution is 6.39. The van der Waals surface area contributed by atoms with E-state index in [9.17, 15) is 0 Å². The molecule has 6 heteroatoms. The highest BCUT2D eigenvalue weighted by Crippen LogP contribution is 2.56. The first-order valence-electron chi connectivity index (χ1n) is 12.8. The van der Waals surface area contributed by atoms with Crippen LogP contribution in [0.1, 0.15) is 54.9 Å². The van der Waals surface area contributed by atoms with Crippen LogP contribution in [-0.4, -0.2) is 23.2 Å². The van der Waals surface area contributed by atoms with Gasteiger partial charge in [0.2, 0.25) is 0 Å². The lowest BCUT2D eigenvalue weighted by Gasteiger charge is -2.46. The van der Waals surface area contributed by atoms with Gasteiger partial charge < -0.3 is 9.42 Å². The van der Waals surface area contributed by atoms with Crippen LogP contribution >= 0.6 is 23.2 Å². The van der Waals surface area contributed by atoms with Gasteiger partial charge in [0.15, 0.2) is 0 Å². The topological polar surface area (TPSA) is 42.2 Å². The number of benzene rings is 2. The summed E-state index contributed by atoms with van der Waals surface area (Å²) in [6.07, 6.45) is 8.08. The molecule has 0 bridgehead atoms. The zero-order valence-electron chi connectivity index (χ0n) is 20.2. The normalized spacial score (nSPS) is 19.0. The zero-order valence-corrected chi connectivity index (χ0v) is 21.7. The van der Waals surface area contributed by atoms with Gasteiger partial charge in [0.05, 0.1) is 15.6 Å². The van der Waals surface area contributed by atoms with Crippen molar-refractivity contribution in [3.8, 4) is 11.3 Å². The van der Waals surface area contributed by atoms with Gasteiger partial charge in [-0.15, -0.1) is 0 Å². The van der Waals surface area contributed by atoms with Crippen LogP contribution in [-0.2, 0) is 0 Å². The molecule has 4 nitrogen and oxygen atoms in total. The van der Waals surface area contributed by atoms with Gasteiger partial charge in [-0.3, -0.25) is 0 Å². The molecule has 0 unspecified atom stereocenters. The van der Waals surface area contributed by atoms with Crippen molar-refractivity contribution in [3.05, 3.63) is 81.5 Å². The van der Waals surface area contributed by atoms with Gasteiger partial charge in [-0.1, -0.05) is 52.1 Å². The minimum absolute atomic E-state index is 0.236. The first-order chi connectivity index (χ1) is 17.5. The van der Waals surface area contributed by atoms with Crippen LogP contribution in [0.15, 0.2) is 59.1 Å². The number of halogens is 2. The number of aromatic nitrogens is 2. The average Bonchev–Trinajstić information content (AvgIpc) is 3.62. The minimum atomic E-state index is 0.236. The zero-order chi connectivity index (χ0) is 24.4. The summed E-state index contributed by atoms with van der Waals surface area (Å²) in [5, 5.41) is 6.91. The summed E-state index contributed by atoms with van der Waals surface area (Å²) in [5.41, 5.74) is 6.60. The first kappa shape index (κ1) is 22.4. The molecule has 182 valence electrons. The summed E-state index contributed by atoms with van der Waals surface area (Å²) >= 11 is 13.1. The largest absolute Gasteiger partial charge is 0.360 e. The molecular formula is C30H27Cl2N3O. The number of piperidine rings is 1. The number of allylic oxidation sites excluding steroid dienone is 2. The van der Waals surface area contributed by atoms with Gasteiger partial charge in [0, 0.05) is 35.5 Å². The molecule has 0 amide bonds. The van der Waals surface area contributed by atoms with E-state index in [-0.39, 0.29) is 5.41 Å². The van der Waals surface area contributed by atoms with E-state index in [0.29, 0.717) is 16.0 Å². The molecule has 2 aromatic carbocycles. The Kier molecular flexibility index (Phi) is 5.20. The number of rotatable bonds is 4. The van der Waals surface area contributed by atoms with Crippen LogP contribution in [0.3, 0.4) is 0 Å². The number of hydrogen-bond donors (Lipinski definition) is 0. The van der Waals surface area contributed by atoms with Crippen molar-refractivity contribution in [3.63, 3.8) is 0 Å². The summed E-state index contributed by atoms with van der Waals surface area (Å²) in [6.45, 7) is 4.14. The average molecular weight is 516 g/mol. The SMILES string of the molecule is Cc1ccc2nc(N3CCC4(C=C(c5c(-c6c(Cl)cccc6Cl)noc5C5CC5)C4)CC3)ccc2c1. The summed E-state index contributed by atoms with van der Waals surface area (Å²) in [7, 11) is 0. The molecule has 1 aliphatic heterocycles. The van der Waals surface area contributed by atoms with Crippen LogP contribution in [0.5, 0.6) is 0 Å². The Morgan fingerprint density at radius 3 is 2.44 bits per heavy atom. The van der Waals surface area contributed by atoms with Crippen LogP contribution < -0.4 is 4.90 Å². The van der Waals surface area contributed by atoms with Crippen LogP contribution in [0.4, 0.5) is 5.82 Å². The second kappa shape index (κ2) is 8.36. The third kappa shape index (κ3) is 3.74. The number of anilines is 1. The van der Waals surface area contributed by atoms with Crippen molar-refractivity contribution < 1.29 is 4.52 Å². The van der Waals surface area contributed by atoms with Crippen molar-refractivity contribution in [2.45, 2.75) is 44.9 Å². The second-order valence-corrected chi connectivity index (χ2v) is 11.5. The van der Waals surface area contributed by atoms with Crippen LogP contribution in [0, 0.1) is 12.3 Å². The van der Waals surface area contributed by atoms with Gasteiger partial charge >= 0.3 is 0 Å². The van der Waals surface area contributed by atoms with Gasteiger partial charge in [-0.2, -0.15) is 0 Å². The molecule has 1 spiro atoms. The molecule has 2 fully saturated rings. The Morgan fingerprint density at radius 2 is 1.72 bits per heavy atom. The van der Waals surface area contributed by atoms with Crippen molar-refractivity contribution in [1.82, 2.24) is 10.1 Å². The van der Waals surface area contributed by atoms with Crippen molar-refractivity contribution in [2.75, 3.05) is 18.0 Å². The summed E-state index contributed by atoms with van der Waals surface area (Å²) < 4.78 is 5.91. The van der Waals surface area contributed by atoms with Crippen LogP contribution in [0.25, 0.3) is 27.7 Å². The fourth-order valence-corrected chi connectivity index (χ4v) is 6.50. The molecule has 7 rings (SSSR count). The first-order valence-corrected chi connectivity index (χ1v) is 13.5. The maximum Gasteiger partial charge on any atom is 0.147 e. The molecule has 3 heterocycles. The predicted octanol–water partition coefficient (Wildman–Crippen LogP) is 8.46. The molecular weight excluding hydrogens is 489 g/mol. The van der Waals surface area contributed by atoms with Gasteiger partial charge in [-0.25, -0.2) is 4.98 Å². The molecule has 4 aromatic rings. The maximum atomic E-state index is 6.57. The van der Waals surface area contributed by atoms with E-state index >= 15 is 0 Å². The maximum absolute atomic E-state index is 6.57. The number of pyridine rings is 1. The van der Waals surface area contributed by atoms with E-state index in [1.165, 1.54) is 16.5 Å². The van der Waals surface area contributed by atoms with Gasteiger partial charge in [0.25, 0.3) is 0 Å². The van der Waals surface area contributed by atoms with Crippen LogP contribution in [0.2, 0.25) is 10.0 Å². The molecule has 36 heavy (non-hydrogen) atoms. The molecule has 0 radical (unpaired) electrons. The van der Waals surface area contributed by atoms with Crippen molar-refractivity contribution >= 4 is 45.5 Å². The molecule has 0 N–H and O–H groups in total. The Hall–Kier alpha value is -2.82. The van der Waals surface area contributed by atoms with Gasteiger partial charge in [-0.05, 0) is 86.4 Å². The lowest BCUT2D eigenvalue weighted by Crippen LogP contribution is -2.42. The van der Waals surface area contributed by atoms with E-state index in [4.69, 9.17) is 32.7 Å². The molecule has 0 atom stereocenters. The summed E-state index contributed by atoms with van der Waals surface area (Å²) in [5.74, 6) is 2.55. The molecule has 2 aromatic heterocycles. The molecule has 2 aliphatic carbocycles. The smallest absolute Gasteiger partial charge is 0.147 e. The number of fused-ring (bicyclic) bond motifs is 1. The predicted molar refractivity (Wildman–Crippen MR) is 147 cm³/mol. The monoisotopic (exact) mass is 515 g/mol. The van der Waals surface area contributed by atoms with E-state index in [0.717, 1.165) is 79.1 Å². The third-order valence-corrected chi connectivity index (χ3v) is 8.75. The standard InChI is InChI=1S/C30H27Cl2N3O/c1-18-5-9-24-20(15-18)8-10-25(33-24)35-13-11-30(12-14-35)16-21(17-30)26-28(34-36-29(26)19-6-7-19)27-22(31)3-2-4-23(27)32/h2-5,8-10,15-16,19H,6-7,11-14,17H2,1H3. The molecule has 3 aliphatic rings. The third-order valence-electron chi connectivity index (χ3n) is 8.12. The fourth-order valence-electron chi connectivity index (χ4n) is 5.93. The van der Waals surface area contributed by atoms with Crippen molar-refractivity contribution in [2.24, 2.45) is 5.41 Å². The Labute approximate surface area is 220 Å². The molecule has 1 saturated carbocycles. The Morgan fingerprint density at radius 1 is 0.972 bits per heavy atom. The Balaban J connectivity index is 1.15. The summed E-state index contributed by atoms with van der Waals surface area (Å²) in [4.78, 5) is 7.38. The highest BCUT2D eigenvalue weighted by atomic mass is 35.5. The molecule has 1 saturated heterocycles. The number of nitrogens with zero attached hydrogens (tertiary/aromatic N) is 3. The number of aryl methyl sites for hydroxylation is 1. The van der Waals surface area contributed by atoms with E-state index in [1.807, 2.05) is 18.2 Å². The minimum Gasteiger partial charge on any atom is -0.360 e. The highest BCUT2D eigenvalue weighted by Gasteiger charge is 2.44. The summed E-state index contributed by atoms with van der Waals surface area (Å²) in [6, 6.07) is 16.4. The fraction of sp³-hybridized carbons (Fsp3) is 0.333. The lowest BCUT2D eigenvalue weighted by atomic mass is 9.63. The lowest BCUT2D eigenvalue weighted by molar-refractivity contribution is 0.277. The van der Waals surface area contributed by atoms with E-state index in [1.54, 1.807) is 0 Å². The quantitative estimate of drug-likeness (QED) is 0.273.